The van der Waals surface area contributed by atoms with Gasteiger partial charge in [-0.1, -0.05) is 12.1 Å². The van der Waals surface area contributed by atoms with E-state index in [1.165, 1.54) is 53.1 Å². The number of rotatable bonds is 2. The lowest BCUT2D eigenvalue weighted by molar-refractivity contribution is 0.372. The predicted molar refractivity (Wildman–Crippen MR) is 73.7 cm³/mol. The number of para-hydroxylation sites is 1. The van der Waals surface area contributed by atoms with Crippen molar-refractivity contribution in [3.05, 3.63) is 28.8 Å². The van der Waals surface area contributed by atoms with E-state index >= 15 is 0 Å². The highest BCUT2D eigenvalue weighted by Crippen LogP contribution is 2.27. The summed E-state index contributed by atoms with van der Waals surface area (Å²) in [5.74, 6) is 0.831. The SMILES string of the molecule is Cc1cccc2sc(CC3CCNCC3)nc12. The van der Waals surface area contributed by atoms with E-state index in [-0.39, 0.29) is 0 Å². The topological polar surface area (TPSA) is 24.9 Å². The Morgan fingerprint density at radius 2 is 2.18 bits per heavy atom. The Bertz CT molecular complexity index is 512. The van der Waals surface area contributed by atoms with Gasteiger partial charge in [0.2, 0.25) is 0 Å². The van der Waals surface area contributed by atoms with Crippen LogP contribution in [-0.2, 0) is 6.42 Å². The molecule has 0 unspecified atom stereocenters. The number of nitrogens with zero attached hydrogens (tertiary/aromatic N) is 1. The summed E-state index contributed by atoms with van der Waals surface area (Å²) in [6.07, 6.45) is 3.77. The van der Waals surface area contributed by atoms with Crippen molar-refractivity contribution in [3.63, 3.8) is 0 Å². The van der Waals surface area contributed by atoms with Crippen molar-refractivity contribution in [1.29, 1.82) is 0 Å². The van der Waals surface area contributed by atoms with Crippen molar-refractivity contribution in [2.45, 2.75) is 26.2 Å². The van der Waals surface area contributed by atoms with Gasteiger partial charge in [0.15, 0.2) is 0 Å². The van der Waals surface area contributed by atoms with E-state index in [1.807, 2.05) is 11.3 Å². The molecule has 0 spiro atoms. The van der Waals surface area contributed by atoms with E-state index in [0.717, 1.165) is 5.92 Å². The summed E-state index contributed by atoms with van der Waals surface area (Å²) >= 11 is 1.87. The molecule has 1 N–H and O–H groups in total. The molecule has 1 aromatic heterocycles. The van der Waals surface area contributed by atoms with Crippen LogP contribution in [-0.4, -0.2) is 18.1 Å². The summed E-state index contributed by atoms with van der Waals surface area (Å²) in [4.78, 5) is 4.80. The molecular weight excluding hydrogens is 228 g/mol. The molecule has 3 heteroatoms. The Morgan fingerprint density at radius 1 is 1.35 bits per heavy atom. The zero-order chi connectivity index (χ0) is 11.7. The molecule has 0 atom stereocenters. The van der Waals surface area contributed by atoms with Gasteiger partial charge in [0.05, 0.1) is 15.2 Å². The fourth-order valence-corrected chi connectivity index (χ4v) is 3.71. The number of aryl methyl sites for hydroxylation is 1. The average Bonchev–Trinajstić information content (AvgIpc) is 2.74. The molecule has 0 saturated carbocycles. The van der Waals surface area contributed by atoms with Crippen LogP contribution in [0.4, 0.5) is 0 Å². The van der Waals surface area contributed by atoms with E-state index in [1.54, 1.807) is 0 Å². The Balaban J connectivity index is 1.83. The van der Waals surface area contributed by atoms with Crippen LogP contribution in [0.1, 0.15) is 23.4 Å². The van der Waals surface area contributed by atoms with E-state index in [9.17, 15) is 0 Å². The fraction of sp³-hybridized carbons (Fsp3) is 0.500. The van der Waals surface area contributed by atoms with Gasteiger partial charge in [-0.05, 0) is 50.4 Å². The highest BCUT2D eigenvalue weighted by Gasteiger charge is 2.16. The number of nitrogens with one attached hydrogen (secondary N) is 1. The minimum absolute atomic E-state index is 0.831. The smallest absolute Gasteiger partial charge is 0.0941 e. The molecule has 0 radical (unpaired) electrons. The molecule has 2 aromatic rings. The molecule has 3 rings (SSSR count). The van der Waals surface area contributed by atoms with Gasteiger partial charge in [0.1, 0.15) is 0 Å². The second-order valence-electron chi connectivity index (χ2n) is 4.93. The molecule has 1 aromatic carbocycles. The lowest BCUT2D eigenvalue weighted by atomic mass is 9.95. The number of thiazole rings is 1. The van der Waals surface area contributed by atoms with Gasteiger partial charge in [0, 0.05) is 6.42 Å². The molecule has 1 aliphatic rings. The Kier molecular flexibility index (Phi) is 3.12. The quantitative estimate of drug-likeness (QED) is 0.880. The minimum Gasteiger partial charge on any atom is -0.317 e. The zero-order valence-electron chi connectivity index (χ0n) is 10.2. The predicted octanol–water partition coefficient (Wildman–Crippen LogP) is 3.15. The summed E-state index contributed by atoms with van der Waals surface area (Å²) in [6.45, 7) is 4.50. The molecule has 17 heavy (non-hydrogen) atoms. The molecule has 2 heterocycles. The first-order chi connectivity index (χ1) is 8.33. The largest absolute Gasteiger partial charge is 0.317 e. The van der Waals surface area contributed by atoms with E-state index in [2.05, 4.69) is 30.4 Å². The van der Waals surface area contributed by atoms with Gasteiger partial charge in [-0.25, -0.2) is 4.98 Å². The molecule has 1 saturated heterocycles. The number of fused-ring (bicyclic) bond motifs is 1. The van der Waals surface area contributed by atoms with Gasteiger partial charge < -0.3 is 5.32 Å². The van der Waals surface area contributed by atoms with Crippen LogP contribution in [0, 0.1) is 12.8 Å². The highest BCUT2D eigenvalue weighted by molar-refractivity contribution is 7.18. The number of hydrogen-bond donors (Lipinski definition) is 1. The summed E-state index contributed by atoms with van der Waals surface area (Å²) in [7, 11) is 0. The summed E-state index contributed by atoms with van der Waals surface area (Å²) in [6, 6.07) is 6.46. The third kappa shape index (κ3) is 2.35. The lowest BCUT2D eigenvalue weighted by Gasteiger charge is -2.21. The maximum Gasteiger partial charge on any atom is 0.0941 e. The summed E-state index contributed by atoms with van der Waals surface area (Å²) in [5, 5.41) is 4.74. The third-order valence-corrected chi connectivity index (χ3v) is 4.63. The summed E-state index contributed by atoms with van der Waals surface area (Å²) < 4.78 is 1.34. The fourth-order valence-electron chi connectivity index (χ4n) is 2.55. The first kappa shape index (κ1) is 11.2. The Morgan fingerprint density at radius 3 is 2.94 bits per heavy atom. The lowest BCUT2D eigenvalue weighted by Crippen LogP contribution is -2.28. The van der Waals surface area contributed by atoms with Gasteiger partial charge in [-0.2, -0.15) is 0 Å². The molecule has 0 amide bonds. The molecule has 0 bridgehead atoms. The third-order valence-electron chi connectivity index (χ3n) is 3.59. The highest BCUT2D eigenvalue weighted by atomic mass is 32.1. The van der Waals surface area contributed by atoms with Crippen molar-refractivity contribution in [2.24, 2.45) is 5.92 Å². The standard InChI is InChI=1S/C14H18N2S/c1-10-3-2-4-12-14(10)16-13(17-12)9-11-5-7-15-8-6-11/h2-4,11,15H,5-9H2,1H3. The van der Waals surface area contributed by atoms with Crippen LogP contribution in [0.5, 0.6) is 0 Å². The monoisotopic (exact) mass is 246 g/mol. The van der Waals surface area contributed by atoms with E-state index in [0.29, 0.717) is 0 Å². The first-order valence-electron chi connectivity index (χ1n) is 6.38. The minimum atomic E-state index is 0.831. The maximum atomic E-state index is 4.80. The van der Waals surface area contributed by atoms with E-state index in [4.69, 9.17) is 4.98 Å². The molecule has 1 aliphatic heterocycles. The zero-order valence-corrected chi connectivity index (χ0v) is 11.0. The Hall–Kier alpha value is -0.930. The molecule has 0 aliphatic carbocycles. The second-order valence-corrected chi connectivity index (χ2v) is 6.04. The first-order valence-corrected chi connectivity index (χ1v) is 7.20. The van der Waals surface area contributed by atoms with Crippen molar-refractivity contribution in [2.75, 3.05) is 13.1 Å². The maximum absolute atomic E-state index is 4.80. The molecule has 90 valence electrons. The van der Waals surface area contributed by atoms with Crippen molar-refractivity contribution in [1.82, 2.24) is 10.3 Å². The van der Waals surface area contributed by atoms with Crippen molar-refractivity contribution in [3.8, 4) is 0 Å². The Labute approximate surface area is 106 Å². The van der Waals surface area contributed by atoms with Gasteiger partial charge in [-0.15, -0.1) is 11.3 Å². The van der Waals surface area contributed by atoms with Gasteiger partial charge >= 0.3 is 0 Å². The van der Waals surface area contributed by atoms with Crippen LogP contribution >= 0.6 is 11.3 Å². The van der Waals surface area contributed by atoms with Crippen LogP contribution in [0.3, 0.4) is 0 Å². The van der Waals surface area contributed by atoms with Crippen molar-refractivity contribution >= 4 is 21.6 Å². The summed E-state index contributed by atoms with van der Waals surface area (Å²) in [5.41, 5.74) is 2.51. The average molecular weight is 246 g/mol. The second kappa shape index (κ2) is 4.75. The molecule has 1 fully saturated rings. The van der Waals surface area contributed by atoms with Crippen LogP contribution < -0.4 is 5.32 Å². The molecule has 2 nitrogen and oxygen atoms in total. The number of piperidine rings is 1. The van der Waals surface area contributed by atoms with Gasteiger partial charge in [-0.3, -0.25) is 0 Å². The molecular formula is C14H18N2S. The van der Waals surface area contributed by atoms with Crippen LogP contribution in [0.2, 0.25) is 0 Å². The number of aromatic nitrogens is 1. The number of hydrogen-bond acceptors (Lipinski definition) is 3. The van der Waals surface area contributed by atoms with Crippen LogP contribution in [0.15, 0.2) is 18.2 Å². The normalized spacial score (nSPS) is 17.7. The van der Waals surface area contributed by atoms with Crippen LogP contribution in [0.25, 0.3) is 10.2 Å². The van der Waals surface area contributed by atoms with E-state index < -0.39 is 0 Å². The van der Waals surface area contributed by atoms with Crippen molar-refractivity contribution < 1.29 is 0 Å². The number of benzene rings is 1. The van der Waals surface area contributed by atoms with Gasteiger partial charge in [0.25, 0.3) is 0 Å².